The molecule has 1 unspecified atom stereocenters. The van der Waals surface area contributed by atoms with Gasteiger partial charge in [0, 0.05) is 18.3 Å². The highest BCUT2D eigenvalue weighted by molar-refractivity contribution is 5.55. The zero-order valence-electron chi connectivity index (χ0n) is 11.4. The highest BCUT2D eigenvalue weighted by atomic mass is 15.2. The Hall–Kier alpha value is -1.60. The lowest BCUT2D eigenvalue weighted by molar-refractivity contribution is 0.414. The summed E-state index contributed by atoms with van der Waals surface area (Å²) in [5.41, 5.74) is 3.17. The lowest BCUT2D eigenvalue weighted by Gasteiger charge is -2.19. The molecule has 0 bridgehead atoms. The molecule has 1 saturated heterocycles. The van der Waals surface area contributed by atoms with Crippen LogP contribution in [0.4, 0.5) is 5.82 Å². The van der Waals surface area contributed by atoms with E-state index < -0.39 is 0 Å². The lowest BCUT2D eigenvalue weighted by Crippen LogP contribution is -2.25. The average molecular weight is 256 g/mol. The first-order valence-corrected chi connectivity index (χ1v) is 7.14. The van der Waals surface area contributed by atoms with Gasteiger partial charge in [-0.05, 0) is 57.3 Å². The molecular formula is C15H20N4. The van der Waals surface area contributed by atoms with Gasteiger partial charge in [0.2, 0.25) is 0 Å². The first kappa shape index (κ1) is 12.4. The second kappa shape index (κ2) is 5.18. The Bertz CT molecular complexity index is 518. The number of likely N-dealkylation sites (tertiary alicyclic amines) is 1. The van der Waals surface area contributed by atoms with Crippen LogP contribution in [0.2, 0.25) is 0 Å². The summed E-state index contributed by atoms with van der Waals surface area (Å²) in [6, 6.07) is 4.76. The fraction of sp³-hybridized carbons (Fsp3) is 0.600. The van der Waals surface area contributed by atoms with E-state index in [1.807, 2.05) is 6.07 Å². The van der Waals surface area contributed by atoms with Gasteiger partial charge in [-0.25, -0.2) is 4.98 Å². The molecule has 0 saturated carbocycles. The zero-order chi connectivity index (χ0) is 13.2. The summed E-state index contributed by atoms with van der Waals surface area (Å²) in [6.07, 6.45) is 5.70. The standard InChI is InChI=1S/C15H20N4/c1-19-7-6-13(10-19)17-15-12(9-16)8-11-4-2-3-5-14(11)18-15/h8,13H,2-7,10H2,1H3,(H,17,18). The van der Waals surface area contributed by atoms with Crippen molar-refractivity contribution in [3.63, 3.8) is 0 Å². The highest BCUT2D eigenvalue weighted by Gasteiger charge is 2.22. The summed E-state index contributed by atoms with van der Waals surface area (Å²) in [6.45, 7) is 2.15. The van der Waals surface area contributed by atoms with Gasteiger partial charge >= 0.3 is 0 Å². The van der Waals surface area contributed by atoms with Gasteiger partial charge in [0.05, 0.1) is 5.56 Å². The molecule has 1 N–H and O–H groups in total. The summed E-state index contributed by atoms with van der Waals surface area (Å²) in [4.78, 5) is 7.03. The Labute approximate surface area is 114 Å². The van der Waals surface area contributed by atoms with Crippen molar-refractivity contribution < 1.29 is 0 Å². The summed E-state index contributed by atoms with van der Waals surface area (Å²) in [5, 5.41) is 12.8. The van der Waals surface area contributed by atoms with E-state index in [0.717, 1.165) is 38.2 Å². The van der Waals surface area contributed by atoms with Gasteiger partial charge in [-0.1, -0.05) is 0 Å². The molecule has 1 aliphatic heterocycles. The van der Waals surface area contributed by atoms with E-state index in [1.54, 1.807) is 0 Å². The third kappa shape index (κ3) is 2.57. The maximum Gasteiger partial charge on any atom is 0.144 e. The third-order valence-electron chi connectivity index (χ3n) is 4.15. The minimum absolute atomic E-state index is 0.422. The van der Waals surface area contributed by atoms with Crippen molar-refractivity contribution in [1.29, 1.82) is 5.26 Å². The molecule has 0 amide bonds. The van der Waals surface area contributed by atoms with Crippen LogP contribution in [0, 0.1) is 11.3 Å². The van der Waals surface area contributed by atoms with Crippen LogP contribution in [-0.2, 0) is 12.8 Å². The minimum Gasteiger partial charge on any atom is -0.365 e. The van der Waals surface area contributed by atoms with Crippen molar-refractivity contribution >= 4 is 5.82 Å². The van der Waals surface area contributed by atoms with Gasteiger partial charge in [0.25, 0.3) is 0 Å². The van der Waals surface area contributed by atoms with Crippen molar-refractivity contribution in [3.05, 3.63) is 22.9 Å². The zero-order valence-corrected chi connectivity index (χ0v) is 11.4. The Kier molecular flexibility index (Phi) is 3.39. The Balaban J connectivity index is 1.85. The van der Waals surface area contributed by atoms with E-state index in [2.05, 4.69) is 23.3 Å². The monoisotopic (exact) mass is 256 g/mol. The maximum atomic E-state index is 9.31. The number of fused-ring (bicyclic) bond motifs is 1. The second-order valence-electron chi connectivity index (χ2n) is 5.70. The van der Waals surface area contributed by atoms with E-state index >= 15 is 0 Å². The molecular weight excluding hydrogens is 236 g/mol. The lowest BCUT2D eigenvalue weighted by atomic mass is 9.95. The van der Waals surface area contributed by atoms with Gasteiger partial charge in [0.15, 0.2) is 0 Å². The van der Waals surface area contributed by atoms with Crippen LogP contribution >= 0.6 is 0 Å². The van der Waals surface area contributed by atoms with Gasteiger partial charge in [-0.2, -0.15) is 5.26 Å². The van der Waals surface area contributed by atoms with E-state index in [1.165, 1.54) is 24.1 Å². The maximum absolute atomic E-state index is 9.31. The number of aromatic nitrogens is 1. The number of hydrogen-bond donors (Lipinski definition) is 1. The Morgan fingerprint density at radius 3 is 3.00 bits per heavy atom. The van der Waals surface area contributed by atoms with Crippen molar-refractivity contribution in [2.24, 2.45) is 0 Å². The molecule has 4 nitrogen and oxygen atoms in total. The number of pyridine rings is 1. The smallest absolute Gasteiger partial charge is 0.144 e. The number of nitrogens with zero attached hydrogens (tertiary/aromatic N) is 3. The van der Waals surface area contributed by atoms with E-state index in [4.69, 9.17) is 4.98 Å². The molecule has 1 aromatic heterocycles. The SMILES string of the molecule is CN1CCC(Nc2nc3c(cc2C#N)CCCC3)C1. The topological polar surface area (TPSA) is 52.0 Å². The Morgan fingerprint density at radius 1 is 1.42 bits per heavy atom. The van der Waals surface area contributed by atoms with Gasteiger partial charge in [-0.3, -0.25) is 0 Å². The first-order chi connectivity index (χ1) is 9.26. The van der Waals surface area contributed by atoms with Gasteiger partial charge in [0.1, 0.15) is 11.9 Å². The van der Waals surface area contributed by atoms with E-state index in [-0.39, 0.29) is 0 Å². The number of likely N-dealkylation sites (N-methyl/N-ethyl adjacent to an activating group) is 1. The fourth-order valence-electron chi connectivity index (χ4n) is 3.08. The molecule has 4 heteroatoms. The average Bonchev–Trinajstić information content (AvgIpc) is 2.83. The minimum atomic E-state index is 0.422. The van der Waals surface area contributed by atoms with Crippen molar-refractivity contribution in [3.8, 4) is 6.07 Å². The normalized spacial score (nSPS) is 22.8. The first-order valence-electron chi connectivity index (χ1n) is 7.14. The molecule has 1 aromatic rings. The van der Waals surface area contributed by atoms with Crippen LogP contribution in [0.5, 0.6) is 0 Å². The summed E-state index contributed by atoms with van der Waals surface area (Å²) < 4.78 is 0. The predicted octanol–water partition coefficient (Wildman–Crippen LogP) is 1.95. The highest BCUT2D eigenvalue weighted by Crippen LogP contribution is 2.25. The molecule has 100 valence electrons. The third-order valence-corrected chi connectivity index (χ3v) is 4.15. The van der Waals surface area contributed by atoms with Crippen molar-refractivity contribution in [1.82, 2.24) is 9.88 Å². The molecule has 0 radical (unpaired) electrons. The Morgan fingerprint density at radius 2 is 2.26 bits per heavy atom. The summed E-state index contributed by atoms with van der Waals surface area (Å²) in [5.74, 6) is 0.795. The number of anilines is 1. The van der Waals surface area contributed by atoms with Crippen LogP contribution in [-0.4, -0.2) is 36.1 Å². The molecule has 0 spiro atoms. The van der Waals surface area contributed by atoms with E-state index in [0.29, 0.717) is 11.6 Å². The van der Waals surface area contributed by atoms with Crippen molar-refractivity contribution in [2.45, 2.75) is 38.1 Å². The van der Waals surface area contributed by atoms with Crippen LogP contribution in [0.25, 0.3) is 0 Å². The van der Waals surface area contributed by atoms with Crippen LogP contribution in [0.15, 0.2) is 6.07 Å². The number of nitrogens with one attached hydrogen (secondary N) is 1. The van der Waals surface area contributed by atoms with Crippen LogP contribution < -0.4 is 5.32 Å². The number of aryl methyl sites for hydroxylation is 2. The number of nitriles is 1. The fourth-order valence-corrected chi connectivity index (χ4v) is 3.08. The van der Waals surface area contributed by atoms with Gasteiger partial charge in [-0.15, -0.1) is 0 Å². The summed E-state index contributed by atoms with van der Waals surface area (Å²) in [7, 11) is 2.13. The molecule has 3 rings (SSSR count). The molecule has 1 aliphatic carbocycles. The molecule has 2 aliphatic rings. The van der Waals surface area contributed by atoms with Crippen molar-refractivity contribution in [2.75, 3.05) is 25.5 Å². The largest absolute Gasteiger partial charge is 0.365 e. The predicted molar refractivity (Wildman–Crippen MR) is 75.1 cm³/mol. The molecule has 0 aromatic carbocycles. The van der Waals surface area contributed by atoms with Crippen LogP contribution in [0.3, 0.4) is 0 Å². The molecule has 2 heterocycles. The van der Waals surface area contributed by atoms with Gasteiger partial charge < -0.3 is 10.2 Å². The molecule has 1 fully saturated rings. The van der Waals surface area contributed by atoms with Crippen LogP contribution in [0.1, 0.15) is 36.1 Å². The van der Waals surface area contributed by atoms with E-state index in [9.17, 15) is 5.26 Å². The summed E-state index contributed by atoms with van der Waals surface area (Å²) >= 11 is 0. The number of rotatable bonds is 2. The molecule has 19 heavy (non-hydrogen) atoms. The number of hydrogen-bond acceptors (Lipinski definition) is 4. The molecule has 1 atom stereocenters. The second-order valence-corrected chi connectivity index (χ2v) is 5.70. The quantitative estimate of drug-likeness (QED) is 0.878.